The summed E-state index contributed by atoms with van der Waals surface area (Å²) in [5.74, 6) is 0.848. The van der Waals surface area contributed by atoms with Crippen LogP contribution >= 0.6 is 0 Å². The number of rotatable bonds is 1. The molecule has 0 radical (unpaired) electrons. The molecule has 2 heterocycles. The van der Waals surface area contributed by atoms with Crippen LogP contribution in [0.3, 0.4) is 0 Å². The molecule has 5 nitrogen and oxygen atoms in total. The van der Waals surface area contributed by atoms with Gasteiger partial charge < -0.3 is 10.2 Å². The molecule has 6 heteroatoms. The molecule has 0 saturated heterocycles. The number of fused-ring (bicyclic) bond motifs is 3. The van der Waals surface area contributed by atoms with E-state index < -0.39 is 10.8 Å². The predicted octanol–water partition coefficient (Wildman–Crippen LogP) is 2.82. The molecule has 1 aliphatic heterocycles. The van der Waals surface area contributed by atoms with Crippen LogP contribution in [0.4, 0.5) is 11.6 Å². The van der Waals surface area contributed by atoms with Gasteiger partial charge in [0, 0.05) is 22.6 Å². The van der Waals surface area contributed by atoms with Crippen molar-refractivity contribution in [1.29, 1.82) is 0 Å². The van der Waals surface area contributed by atoms with E-state index in [1.165, 1.54) is 0 Å². The van der Waals surface area contributed by atoms with Crippen LogP contribution in [0.15, 0.2) is 29.2 Å². The van der Waals surface area contributed by atoms with Gasteiger partial charge >= 0.3 is 5.82 Å². The second-order valence-corrected chi connectivity index (χ2v) is 6.56. The van der Waals surface area contributed by atoms with Crippen LogP contribution in [0.1, 0.15) is 19.4 Å². The standard InChI is InChI=1S/C14H14N4OS/c1-14(2)9-7-5-6-8-10(9)18-13(16-14)11(20(4)19)12(15-3)17-18/h5-8,16H,1-2,4H3. The van der Waals surface area contributed by atoms with Gasteiger partial charge in [0.2, 0.25) is 0 Å². The van der Waals surface area contributed by atoms with Gasteiger partial charge in [0.15, 0.2) is 5.82 Å². The van der Waals surface area contributed by atoms with E-state index in [4.69, 9.17) is 6.57 Å². The molecule has 20 heavy (non-hydrogen) atoms. The highest BCUT2D eigenvalue weighted by molar-refractivity contribution is 7.84. The van der Waals surface area contributed by atoms with E-state index in [9.17, 15) is 4.21 Å². The largest absolute Gasteiger partial charge is 0.359 e. The van der Waals surface area contributed by atoms with Crippen molar-refractivity contribution in [2.45, 2.75) is 24.3 Å². The third-order valence-corrected chi connectivity index (χ3v) is 4.41. The summed E-state index contributed by atoms with van der Waals surface area (Å²) in [6.07, 6.45) is 1.57. The zero-order valence-corrected chi connectivity index (χ0v) is 12.3. The summed E-state index contributed by atoms with van der Waals surface area (Å²) in [7, 11) is -1.27. The summed E-state index contributed by atoms with van der Waals surface area (Å²) in [6, 6.07) is 7.91. The summed E-state index contributed by atoms with van der Waals surface area (Å²) >= 11 is 0. The number of benzene rings is 1. The van der Waals surface area contributed by atoms with E-state index in [-0.39, 0.29) is 11.4 Å². The third-order valence-electron chi connectivity index (χ3n) is 3.45. The maximum atomic E-state index is 12.0. The van der Waals surface area contributed by atoms with Gasteiger partial charge in [-0.1, -0.05) is 24.8 Å². The van der Waals surface area contributed by atoms with Crippen molar-refractivity contribution in [3.63, 3.8) is 0 Å². The molecular weight excluding hydrogens is 272 g/mol. The molecule has 1 aliphatic rings. The second-order valence-electron chi connectivity index (χ2n) is 5.25. The lowest BCUT2D eigenvalue weighted by atomic mass is 9.91. The Labute approximate surface area is 119 Å². The third kappa shape index (κ3) is 1.67. The minimum absolute atomic E-state index is 0.195. The smallest absolute Gasteiger partial charge is 0.314 e. The molecule has 1 aromatic heterocycles. The number of para-hydroxylation sites is 1. The van der Waals surface area contributed by atoms with E-state index in [1.807, 2.05) is 24.3 Å². The quantitative estimate of drug-likeness (QED) is 0.820. The van der Waals surface area contributed by atoms with E-state index in [2.05, 4.69) is 29.1 Å². The minimum atomic E-state index is -1.27. The Kier molecular flexibility index (Phi) is 2.69. The van der Waals surface area contributed by atoms with Gasteiger partial charge in [-0.15, -0.1) is 4.68 Å². The first-order valence-corrected chi connectivity index (χ1v) is 7.73. The first-order valence-electron chi connectivity index (χ1n) is 6.17. The van der Waals surface area contributed by atoms with Crippen molar-refractivity contribution in [1.82, 2.24) is 9.78 Å². The molecule has 1 aromatic carbocycles. The monoisotopic (exact) mass is 286 g/mol. The zero-order valence-electron chi connectivity index (χ0n) is 11.5. The maximum absolute atomic E-state index is 12.0. The molecular formula is C14H14N4OS. The molecule has 0 saturated carbocycles. The van der Waals surface area contributed by atoms with E-state index in [0.29, 0.717) is 10.7 Å². The fourth-order valence-electron chi connectivity index (χ4n) is 2.56. The molecule has 102 valence electrons. The molecule has 2 aromatic rings. The van der Waals surface area contributed by atoms with Crippen LogP contribution in [0.2, 0.25) is 0 Å². The predicted molar refractivity (Wildman–Crippen MR) is 78.8 cm³/mol. The summed E-state index contributed by atoms with van der Waals surface area (Å²) in [4.78, 5) is 3.88. The van der Waals surface area contributed by atoms with E-state index in [1.54, 1.807) is 10.9 Å². The van der Waals surface area contributed by atoms with Gasteiger partial charge in [-0.05, 0) is 25.0 Å². The molecule has 0 bridgehead atoms. The second kappa shape index (κ2) is 4.18. The number of hydrogen-bond donors (Lipinski definition) is 1. The van der Waals surface area contributed by atoms with Gasteiger partial charge in [-0.3, -0.25) is 4.21 Å². The molecule has 0 aliphatic carbocycles. The SMILES string of the molecule is [C-]#[N+]c1nn2c(c1S(C)=O)NC(C)(C)c1ccccc1-2. The van der Waals surface area contributed by atoms with Gasteiger partial charge in [-0.25, -0.2) is 0 Å². The Morgan fingerprint density at radius 2 is 2.10 bits per heavy atom. The Morgan fingerprint density at radius 3 is 2.75 bits per heavy atom. The fourth-order valence-corrected chi connectivity index (χ4v) is 3.32. The summed E-state index contributed by atoms with van der Waals surface area (Å²) in [5, 5.41) is 7.67. The van der Waals surface area contributed by atoms with Crippen molar-refractivity contribution >= 4 is 22.4 Å². The van der Waals surface area contributed by atoms with Crippen LogP contribution in [-0.4, -0.2) is 20.2 Å². The summed E-state index contributed by atoms with van der Waals surface area (Å²) in [5.41, 5.74) is 1.72. The number of nitrogens with zero attached hydrogens (tertiary/aromatic N) is 3. The first kappa shape index (κ1) is 12.9. The minimum Gasteiger partial charge on any atom is -0.359 e. The van der Waals surface area contributed by atoms with Crippen molar-refractivity contribution in [2.75, 3.05) is 11.6 Å². The molecule has 1 unspecified atom stereocenters. The number of nitrogens with one attached hydrogen (secondary N) is 1. The average molecular weight is 286 g/mol. The Balaban J connectivity index is 2.38. The molecule has 0 amide bonds. The zero-order chi connectivity index (χ0) is 14.5. The van der Waals surface area contributed by atoms with Gasteiger partial charge in [0.05, 0.1) is 11.2 Å². The lowest BCUT2D eigenvalue weighted by Crippen LogP contribution is -2.35. The lowest BCUT2D eigenvalue weighted by Gasteiger charge is -2.34. The lowest BCUT2D eigenvalue weighted by molar-refractivity contribution is 0.572. The maximum Gasteiger partial charge on any atom is 0.314 e. The van der Waals surface area contributed by atoms with Crippen molar-refractivity contribution < 1.29 is 4.21 Å². The van der Waals surface area contributed by atoms with E-state index in [0.717, 1.165) is 11.3 Å². The highest BCUT2D eigenvalue weighted by atomic mass is 32.2. The Bertz CT molecular complexity index is 770. The molecule has 3 rings (SSSR count). The number of hydrogen-bond acceptors (Lipinski definition) is 3. The van der Waals surface area contributed by atoms with Gasteiger partial charge in [0.1, 0.15) is 4.90 Å². The van der Waals surface area contributed by atoms with Crippen molar-refractivity contribution in [3.05, 3.63) is 41.2 Å². The molecule has 1 N–H and O–H groups in total. The average Bonchev–Trinajstić information content (AvgIpc) is 2.76. The van der Waals surface area contributed by atoms with Crippen molar-refractivity contribution in [3.8, 4) is 5.69 Å². The Hall–Kier alpha value is -2.13. The van der Waals surface area contributed by atoms with Crippen LogP contribution in [0, 0.1) is 6.57 Å². The van der Waals surface area contributed by atoms with Crippen LogP contribution in [0.25, 0.3) is 10.5 Å². The first-order chi connectivity index (χ1) is 9.45. The normalized spacial score (nSPS) is 16.5. The van der Waals surface area contributed by atoms with Crippen LogP contribution in [-0.2, 0) is 16.3 Å². The highest BCUT2D eigenvalue weighted by Crippen LogP contribution is 2.41. The van der Waals surface area contributed by atoms with Gasteiger partial charge in [0.25, 0.3) is 0 Å². The van der Waals surface area contributed by atoms with Gasteiger partial charge in [-0.2, -0.15) is 0 Å². The highest BCUT2D eigenvalue weighted by Gasteiger charge is 2.36. The topological polar surface area (TPSA) is 51.3 Å². The van der Waals surface area contributed by atoms with Crippen LogP contribution in [0.5, 0.6) is 0 Å². The fraction of sp³-hybridized carbons (Fsp3) is 0.286. The Morgan fingerprint density at radius 1 is 1.40 bits per heavy atom. The summed E-state index contributed by atoms with van der Waals surface area (Å²) in [6.45, 7) is 11.3. The number of anilines is 1. The molecule has 1 atom stereocenters. The van der Waals surface area contributed by atoms with Crippen molar-refractivity contribution in [2.24, 2.45) is 0 Å². The summed E-state index contributed by atoms with van der Waals surface area (Å²) < 4.78 is 13.6. The molecule has 0 fully saturated rings. The number of aromatic nitrogens is 2. The van der Waals surface area contributed by atoms with Crippen LogP contribution < -0.4 is 5.32 Å². The molecule has 0 spiro atoms. The van der Waals surface area contributed by atoms with E-state index >= 15 is 0 Å².